The Hall–Kier alpha value is -2.99. The molecule has 0 spiro atoms. The molecule has 1 N–H and O–H groups in total. The minimum Gasteiger partial charge on any atom is -0.468 e. The van der Waals surface area contributed by atoms with Gasteiger partial charge in [-0.3, -0.25) is 19.3 Å². The Balaban J connectivity index is 1.78. The van der Waals surface area contributed by atoms with Crippen molar-refractivity contribution in [1.29, 1.82) is 0 Å². The summed E-state index contributed by atoms with van der Waals surface area (Å²) in [7, 11) is 2.62. The van der Waals surface area contributed by atoms with Crippen molar-refractivity contribution in [2.24, 2.45) is 13.0 Å². The summed E-state index contributed by atoms with van der Waals surface area (Å²) < 4.78 is 32.1. The van der Waals surface area contributed by atoms with Crippen LogP contribution in [0.5, 0.6) is 0 Å². The van der Waals surface area contributed by atoms with Crippen LogP contribution in [0.4, 0.5) is 8.78 Å². The Kier molecular flexibility index (Phi) is 6.67. The Morgan fingerprint density at radius 2 is 2.13 bits per heavy atom. The van der Waals surface area contributed by atoms with E-state index in [2.05, 4.69) is 27.2 Å². The third-order valence-corrected chi connectivity index (χ3v) is 4.76. The average Bonchev–Trinajstić information content (AvgIpc) is 3.46. The number of amides is 1. The minimum atomic E-state index is -2.91. The number of hydrogen-bond donors (Lipinski definition) is 1. The number of ether oxygens (including phenoxy) is 1. The van der Waals surface area contributed by atoms with E-state index >= 15 is 0 Å². The number of nitrogens with zero attached hydrogens (tertiary/aromatic N) is 3. The first-order valence-electron chi connectivity index (χ1n) is 9.14. The van der Waals surface area contributed by atoms with E-state index in [9.17, 15) is 18.4 Å². The first kappa shape index (κ1) is 21.7. The number of aryl methyl sites for hydroxylation is 1. The largest absolute Gasteiger partial charge is 0.468 e. The monoisotopic (exact) mass is 436 g/mol. The highest BCUT2D eigenvalue weighted by molar-refractivity contribution is 6.31. The van der Waals surface area contributed by atoms with Gasteiger partial charge in [-0.05, 0) is 18.9 Å². The molecule has 1 aliphatic carbocycles. The van der Waals surface area contributed by atoms with Gasteiger partial charge in [-0.1, -0.05) is 23.4 Å². The van der Waals surface area contributed by atoms with Crippen molar-refractivity contribution in [3.8, 4) is 11.8 Å². The zero-order chi connectivity index (χ0) is 21.8. The maximum Gasteiger partial charge on any atom is 0.316 e. The molecule has 1 saturated carbocycles. The zero-order valence-corrected chi connectivity index (χ0v) is 17.0. The van der Waals surface area contributed by atoms with Crippen molar-refractivity contribution >= 4 is 23.5 Å². The van der Waals surface area contributed by atoms with Gasteiger partial charge in [-0.15, -0.1) is 0 Å². The van der Waals surface area contributed by atoms with Crippen LogP contribution in [-0.2, 0) is 16.6 Å². The molecule has 2 aromatic heterocycles. The van der Waals surface area contributed by atoms with Gasteiger partial charge in [-0.2, -0.15) is 5.10 Å². The first-order valence-corrected chi connectivity index (χ1v) is 9.52. The van der Waals surface area contributed by atoms with Gasteiger partial charge in [0.15, 0.2) is 0 Å². The second kappa shape index (κ2) is 9.22. The number of carbonyl (C=O) groups excluding carboxylic acids is 2. The molecule has 158 valence electrons. The lowest BCUT2D eigenvalue weighted by molar-refractivity contribution is -0.142. The summed E-state index contributed by atoms with van der Waals surface area (Å²) in [6.07, 6.45) is 1.93. The van der Waals surface area contributed by atoms with Gasteiger partial charge >= 0.3 is 5.97 Å². The highest BCUT2D eigenvalue weighted by atomic mass is 35.5. The van der Waals surface area contributed by atoms with Gasteiger partial charge in [0.1, 0.15) is 11.6 Å². The van der Waals surface area contributed by atoms with Gasteiger partial charge in [0.05, 0.1) is 23.4 Å². The summed E-state index contributed by atoms with van der Waals surface area (Å²) in [5, 5.41) is 6.24. The molecule has 1 amide bonds. The van der Waals surface area contributed by atoms with E-state index in [0.29, 0.717) is 11.5 Å². The molecule has 0 radical (unpaired) electrons. The predicted molar refractivity (Wildman–Crippen MR) is 104 cm³/mol. The molecule has 1 fully saturated rings. The molecule has 0 saturated heterocycles. The molecule has 3 rings (SSSR count). The molecule has 0 aromatic carbocycles. The maximum atomic E-state index is 13.1. The summed E-state index contributed by atoms with van der Waals surface area (Å²) in [5.41, 5.74) is -0.110. The molecule has 1 aliphatic rings. The number of carbonyl (C=O) groups is 2. The van der Waals surface area contributed by atoms with Crippen LogP contribution in [0.15, 0.2) is 18.5 Å². The van der Waals surface area contributed by atoms with E-state index in [1.54, 1.807) is 6.07 Å². The first-order chi connectivity index (χ1) is 14.3. The van der Waals surface area contributed by atoms with E-state index in [0.717, 1.165) is 17.5 Å². The minimum absolute atomic E-state index is 0.192. The number of methoxy groups -OCH3 is 1. The molecule has 0 bridgehead atoms. The summed E-state index contributed by atoms with van der Waals surface area (Å²) >= 11 is 6.30. The Morgan fingerprint density at radius 1 is 1.40 bits per heavy atom. The molecule has 1 atom stereocenters. The van der Waals surface area contributed by atoms with Crippen molar-refractivity contribution < 1.29 is 23.1 Å². The van der Waals surface area contributed by atoms with E-state index in [4.69, 9.17) is 16.3 Å². The molecule has 7 nitrogen and oxygen atoms in total. The topological polar surface area (TPSA) is 86.1 Å². The molecular weight excluding hydrogens is 418 g/mol. The zero-order valence-electron chi connectivity index (χ0n) is 16.3. The Labute approximate surface area is 176 Å². The predicted octanol–water partition coefficient (Wildman–Crippen LogP) is 2.85. The van der Waals surface area contributed by atoms with Crippen LogP contribution in [0.3, 0.4) is 0 Å². The van der Waals surface area contributed by atoms with Crippen molar-refractivity contribution in [2.75, 3.05) is 13.7 Å². The number of aromatic nitrogens is 3. The van der Waals surface area contributed by atoms with E-state index in [-0.39, 0.29) is 22.8 Å². The fourth-order valence-corrected chi connectivity index (χ4v) is 3.05. The molecule has 0 aliphatic heterocycles. The SMILES string of the molecule is COC(=O)C(CNC(=O)c1cn(C)nc1C(F)F)c1ncc(C#CC2CC2)cc1Cl. The molecule has 2 aromatic rings. The van der Waals surface area contributed by atoms with Gasteiger partial charge in [0.25, 0.3) is 12.3 Å². The fraction of sp³-hybridized carbons (Fsp3) is 0.400. The highest BCUT2D eigenvalue weighted by Crippen LogP contribution is 2.28. The van der Waals surface area contributed by atoms with Crippen LogP contribution in [-0.4, -0.2) is 40.3 Å². The lowest BCUT2D eigenvalue weighted by atomic mass is 10.0. The van der Waals surface area contributed by atoms with E-state index in [1.165, 1.54) is 26.6 Å². The fourth-order valence-electron chi connectivity index (χ4n) is 2.75. The van der Waals surface area contributed by atoms with Crippen LogP contribution in [0.2, 0.25) is 5.02 Å². The Morgan fingerprint density at radius 3 is 2.73 bits per heavy atom. The average molecular weight is 437 g/mol. The van der Waals surface area contributed by atoms with Gasteiger partial charge in [0.2, 0.25) is 0 Å². The van der Waals surface area contributed by atoms with Crippen molar-refractivity contribution in [1.82, 2.24) is 20.1 Å². The van der Waals surface area contributed by atoms with Crippen LogP contribution in [0.1, 0.15) is 52.5 Å². The van der Waals surface area contributed by atoms with Crippen LogP contribution in [0.25, 0.3) is 0 Å². The second-order valence-electron chi connectivity index (χ2n) is 6.82. The van der Waals surface area contributed by atoms with Gasteiger partial charge < -0.3 is 10.1 Å². The second-order valence-corrected chi connectivity index (χ2v) is 7.23. The van der Waals surface area contributed by atoms with Crippen molar-refractivity contribution in [2.45, 2.75) is 25.2 Å². The number of rotatable bonds is 6. The van der Waals surface area contributed by atoms with Crippen LogP contribution >= 0.6 is 11.6 Å². The third kappa shape index (κ3) is 5.13. The standard InChI is InChI=1S/C20H19ClF2N4O3/c1-27-10-14(17(26-27)18(22)23)19(28)25-9-13(20(29)30-2)16-15(21)7-12(8-24-16)6-5-11-3-4-11/h7-8,10-11,13,18H,3-4,9H2,1-2H3,(H,25,28). The van der Waals surface area contributed by atoms with Crippen LogP contribution in [0, 0.1) is 17.8 Å². The number of hydrogen-bond acceptors (Lipinski definition) is 5. The molecule has 10 heteroatoms. The lowest BCUT2D eigenvalue weighted by Gasteiger charge is -2.16. The number of halogens is 3. The third-order valence-electron chi connectivity index (χ3n) is 4.46. The maximum absolute atomic E-state index is 13.1. The Bertz CT molecular complexity index is 1020. The smallest absolute Gasteiger partial charge is 0.316 e. The quantitative estimate of drug-likeness (QED) is 0.556. The summed E-state index contributed by atoms with van der Waals surface area (Å²) in [4.78, 5) is 28.9. The molecule has 30 heavy (non-hydrogen) atoms. The van der Waals surface area contributed by atoms with Crippen molar-refractivity contribution in [3.05, 3.63) is 46.0 Å². The summed E-state index contributed by atoms with van der Waals surface area (Å²) in [5.74, 6) is 3.99. The summed E-state index contributed by atoms with van der Waals surface area (Å²) in [6.45, 7) is -0.247. The highest BCUT2D eigenvalue weighted by Gasteiger charge is 2.28. The lowest BCUT2D eigenvalue weighted by Crippen LogP contribution is -2.33. The number of pyridine rings is 1. The normalized spacial score (nSPS) is 14.1. The van der Waals surface area contributed by atoms with Crippen molar-refractivity contribution in [3.63, 3.8) is 0 Å². The molecular formula is C20H19ClF2N4O3. The van der Waals surface area contributed by atoms with Crippen LogP contribution < -0.4 is 5.32 Å². The number of alkyl halides is 2. The number of esters is 1. The van der Waals surface area contributed by atoms with Gasteiger partial charge in [0, 0.05) is 37.5 Å². The van der Waals surface area contributed by atoms with E-state index in [1.807, 2.05) is 0 Å². The number of nitrogens with one attached hydrogen (secondary N) is 1. The molecule has 1 unspecified atom stereocenters. The summed E-state index contributed by atoms with van der Waals surface area (Å²) in [6, 6.07) is 1.59. The molecule has 2 heterocycles. The van der Waals surface area contributed by atoms with Gasteiger partial charge in [-0.25, -0.2) is 8.78 Å². The van der Waals surface area contributed by atoms with E-state index < -0.39 is 29.9 Å².